The Morgan fingerprint density at radius 1 is 0.763 bits per heavy atom. The Kier molecular flexibility index (Phi) is 18.7. The molecule has 0 spiro atoms. The van der Waals surface area contributed by atoms with Crippen molar-refractivity contribution in [3.63, 3.8) is 0 Å². The zero-order valence-electron chi connectivity index (χ0n) is 36.3. The van der Waals surface area contributed by atoms with Crippen molar-refractivity contribution < 1.29 is 4.74 Å². The van der Waals surface area contributed by atoms with Crippen molar-refractivity contribution >= 4 is 46.4 Å². The monoisotopic (exact) mass is 798 g/mol. The maximum Gasteiger partial charge on any atom is 0.145 e. The topological polar surface area (TPSA) is 47.3 Å². The summed E-state index contributed by atoms with van der Waals surface area (Å²) in [4.78, 5) is 2.57. The van der Waals surface area contributed by atoms with Crippen LogP contribution < -0.4 is 11.1 Å². The van der Waals surface area contributed by atoms with Crippen molar-refractivity contribution in [1.82, 2.24) is 5.32 Å². The van der Waals surface area contributed by atoms with Crippen LogP contribution in [0.4, 0.5) is 0 Å². The highest BCUT2D eigenvalue weighted by Crippen LogP contribution is 2.43. The molecular weight excluding hydrogens is 737 g/mol. The van der Waals surface area contributed by atoms with E-state index in [0.717, 1.165) is 28.8 Å². The van der Waals surface area contributed by atoms with Crippen LogP contribution in [-0.2, 0) is 11.2 Å². The van der Waals surface area contributed by atoms with Crippen molar-refractivity contribution in [2.24, 2.45) is 5.73 Å². The van der Waals surface area contributed by atoms with E-state index in [1.807, 2.05) is 78.2 Å². The molecule has 2 aliphatic rings. The van der Waals surface area contributed by atoms with E-state index in [9.17, 15) is 0 Å². The Hall–Kier alpha value is -5.94. The molecule has 4 aromatic carbocycles. The summed E-state index contributed by atoms with van der Waals surface area (Å²) in [5.41, 5.74) is 19.4. The maximum atomic E-state index is 6.67. The van der Waals surface area contributed by atoms with Crippen LogP contribution in [0, 0.1) is 0 Å². The summed E-state index contributed by atoms with van der Waals surface area (Å²) >= 11 is 1.87. The number of rotatable bonds is 8. The second-order valence-corrected chi connectivity index (χ2v) is 14.1. The lowest BCUT2D eigenvalue weighted by molar-refractivity contribution is 0.293. The van der Waals surface area contributed by atoms with Gasteiger partial charge in [-0.25, -0.2) is 0 Å². The van der Waals surface area contributed by atoms with Crippen LogP contribution in [0.3, 0.4) is 0 Å². The third-order valence-corrected chi connectivity index (χ3v) is 10.7. The molecular formula is C55H62N2OS. The number of nitrogens with one attached hydrogen (secondary N) is 1. The van der Waals surface area contributed by atoms with Crippen molar-refractivity contribution in [3.8, 4) is 11.1 Å². The number of allylic oxidation sites excluding steroid dienone is 7. The number of fused-ring (bicyclic) bond motifs is 1. The van der Waals surface area contributed by atoms with Gasteiger partial charge in [-0.2, -0.15) is 0 Å². The van der Waals surface area contributed by atoms with Gasteiger partial charge in [0.15, 0.2) is 0 Å². The number of ether oxygens (including phenoxy) is 1. The van der Waals surface area contributed by atoms with Crippen LogP contribution in [-0.4, -0.2) is 13.1 Å². The maximum absolute atomic E-state index is 6.67. The molecule has 0 fully saturated rings. The molecule has 3 nitrogen and oxygen atoms in total. The molecule has 0 saturated carbocycles. The fourth-order valence-electron chi connectivity index (χ4n) is 6.85. The predicted octanol–water partition coefficient (Wildman–Crippen LogP) is 15.0. The van der Waals surface area contributed by atoms with Crippen molar-refractivity contribution in [2.75, 3.05) is 7.05 Å². The Morgan fingerprint density at radius 3 is 2.10 bits per heavy atom. The largest absolute Gasteiger partial charge is 0.458 e. The molecule has 1 aliphatic carbocycles. The van der Waals surface area contributed by atoms with Gasteiger partial charge in [0.1, 0.15) is 11.5 Å². The van der Waals surface area contributed by atoms with E-state index < -0.39 is 0 Å². The van der Waals surface area contributed by atoms with Crippen LogP contribution >= 0.6 is 11.3 Å². The molecule has 1 atom stereocenters. The number of thiophene rings is 1. The van der Waals surface area contributed by atoms with Crippen LogP contribution in [0.2, 0.25) is 0 Å². The summed E-state index contributed by atoms with van der Waals surface area (Å²) in [6.45, 7) is 18.2. The number of benzene rings is 4. The lowest BCUT2D eigenvalue weighted by atomic mass is 9.93. The van der Waals surface area contributed by atoms with E-state index in [0.29, 0.717) is 17.9 Å². The van der Waals surface area contributed by atoms with E-state index >= 15 is 0 Å². The van der Waals surface area contributed by atoms with E-state index in [4.69, 9.17) is 10.5 Å². The predicted molar refractivity (Wildman–Crippen MR) is 263 cm³/mol. The first-order chi connectivity index (χ1) is 29.0. The summed E-state index contributed by atoms with van der Waals surface area (Å²) in [7, 11) is 1.91. The number of hydrogen-bond acceptors (Lipinski definition) is 4. The summed E-state index contributed by atoms with van der Waals surface area (Å²) in [6, 6.07) is 38.4. The van der Waals surface area contributed by atoms with Gasteiger partial charge in [0.05, 0.1) is 11.7 Å². The van der Waals surface area contributed by atoms with Crippen molar-refractivity contribution in [3.05, 3.63) is 213 Å². The van der Waals surface area contributed by atoms with Crippen LogP contribution in [0.5, 0.6) is 0 Å². The van der Waals surface area contributed by atoms with Gasteiger partial charge in [0.2, 0.25) is 0 Å². The van der Waals surface area contributed by atoms with E-state index in [2.05, 4.69) is 171 Å². The highest BCUT2D eigenvalue weighted by Gasteiger charge is 2.23. The number of hydrogen-bond donors (Lipinski definition) is 2. The van der Waals surface area contributed by atoms with Gasteiger partial charge < -0.3 is 15.8 Å². The van der Waals surface area contributed by atoms with Crippen molar-refractivity contribution in [1.29, 1.82) is 0 Å². The summed E-state index contributed by atoms with van der Waals surface area (Å²) in [5.74, 6) is 1.21. The molecule has 59 heavy (non-hydrogen) atoms. The van der Waals surface area contributed by atoms with E-state index in [1.54, 1.807) is 0 Å². The first kappa shape index (κ1) is 45.8. The number of nitrogens with two attached hydrogens (primary N) is 1. The average molecular weight is 799 g/mol. The third kappa shape index (κ3) is 11.8. The molecule has 304 valence electrons. The molecule has 1 aromatic heterocycles. The quantitative estimate of drug-likeness (QED) is 0.164. The smallest absolute Gasteiger partial charge is 0.145 e. The highest BCUT2D eigenvalue weighted by atomic mass is 32.1. The molecule has 0 bridgehead atoms. The average Bonchev–Trinajstić information content (AvgIpc) is 3.56. The molecule has 3 N–H and O–H groups in total. The minimum atomic E-state index is -0.328. The second kappa shape index (κ2) is 24.1. The third-order valence-electron chi connectivity index (χ3n) is 9.47. The normalized spacial score (nSPS) is 16.6. The molecule has 2 heterocycles. The lowest BCUT2D eigenvalue weighted by Crippen LogP contribution is -2.27. The highest BCUT2D eigenvalue weighted by molar-refractivity contribution is 7.14. The molecule has 0 saturated heterocycles. The second-order valence-electron chi connectivity index (χ2n) is 13.1. The summed E-state index contributed by atoms with van der Waals surface area (Å²) < 4.78 is 6.25. The molecule has 1 aliphatic heterocycles. The molecule has 7 rings (SSSR count). The van der Waals surface area contributed by atoms with Gasteiger partial charge in [-0.15, -0.1) is 11.3 Å². The van der Waals surface area contributed by atoms with Gasteiger partial charge in [-0.05, 0) is 100 Å². The zero-order valence-corrected chi connectivity index (χ0v) is 37.1. The Morgan fingerprint density at radius 2 is 1.41 bits per heavy atom. The van der Waals surface area contributed by atoms with Gasteiger partial charge in [-0.1, -0.05) is 188 Å². The van der Waals surface area contributed by atoms with Crippen LogP contribution in [0.1, 0.15) is 98.0 Å². The van der Waals surface area contributed by atoms with Crippen molar-refractivity contribution in [2.45, 2.75) is 67.3 Å². The standard InChI is InChI=1S/C49H44N2OS.3C2H6/c1-4-16-46-42(29-27-35-18-9-6-10-19-35)43-30-28-39(36-20-11-7-12-21-36)33-44(49(43)53-46)40-24-14-22-37(31-40)38-23-15-25-41(32-38)47(51-3)48-45(50)26-13-5-8-17-34(2)52-48;3*1-2/h4-25,27-29,31-33,45,51H,2,26,30,50H2,1,3H3;3*1-2H3/b13-5-,16-4-,17-8-,29-27+,48-47+;;;. The SMILES string of the molecule is C=C1/C=C\C=C/CC(N)/C(=C(\NC)c2cccc(-c3cccc(C4=CC(c5ccccc5)=CCc5c4sc(/C=C\C)c5/C=C/c4ccccc4)c3)c2)O1.CC.CC.CC. The lowest BCUT2D eigenvalue weighted by Gasteiger charge is -2.21. The molecule has 0 radical (unpaired) electrons. The fraction of sp³-hybridized carbons (Fsp3) is 0.200. The minimum Gasteiger partial charge on any atom is -0.458 e. The fourth-order valence-corrected chi connectivity index (χ4v) is 8.18. The first-order valence-corrected chi connectivity index (χ1v) is 21.9. The molecule has 1 unspecified atom stereocenters. The van der Waals surface area contributed by atoms with Gasteiger partial charge in [0, 0.05) is 22.4 Å². The van der Waals surface area contributed by atoms with Crippen LogP contribution in [0.15, 0.2) is 170 Å². The Bertz CT molecular complexity index is 2330. The molecule has 5 aromatic rings. The van der Waals surface area contributed by atoms with Gasteiger partial charge in [0.25, 0.3) is 0 Å². The van der Waals surface area contributed by atoms with E-state index in [-0.39, 0.29) is 6.04 Å². The first-order valence-electron chi connectivity index (χ1n) is 21.1. The summed E-state index contributed by atoms with van der Waals surface area (Å²) in [5, 5.41) is 3.39. The van der Waals surface area contributed by atoms with E-state index in [1.165, 1.54) is 48.7 Å². The van der Waals surface area contributed by atoms with Gasteiger partial charge >= 0.3 is 0 Å². The Balaban J connectivity index is 0.00000123. The van der Waals surface area contributed by atoms with Gasteiger partial charge in [-0.3, -0.25) is 0 Å². The zero-order chi connectivity index (χ0) is 42.6. The minimum absolute atomic E-state index is 0.328. The molecule has 4 heteroatoms. The molecule has 0 amide bonds. The summed E-state index contributed by atoms with van der Waals surface area (Å²) in [6.07, 6.45) is 23.0. The Labute approximate surface area is 359 Å². The van der Waals surface area contributed by atoms with Crippen LogP contribution in [0.25, 0.3) is 46.2 Å².